The molecule has 0 fully saturated rings. The second kappa shape index (κ2) is 5.50. The Bertz CT molecular complexity index is 671. The van der Waals surface area contributed by atoms with E-state index in [1.165, 1.54) is 0 Å². The van der Waals surface area contributed by atoms with Crippen LogP contribution in [0.15, 0.2) is 23.0 Å². The van der Waals surface area contributed by atoms with E-state index in [0.717, 1.165) is 16.6 Å². The molecule has 0 saturated carbocycles. The van der Waals surface area contributed by atoms with Gasteiger partial charge in [-0.2, -0.15) is 0 Å². The molecular formula is C14H20N4O2. The smallest absolute Gasteiger partial charge is 0.323 e. The minimum absolute atomic E-state index is 0.0438. The Morgan fingerprint density at radius 2 is 1.85 bits per heavy atom. The number of hydrogen-bond acceptors (Lipinski definition) is 3. The van der Waals surface area contributed by atoms with E-state index in [1.807, 2.05) is 39.0 Å². The molecule has 6 nitrogen and oxygen atoms in total. The van der Waals surface area contributed by atoms with Crippen LogP contribution in [0.5, 0.6) is 0 Å². The van der Waals surface area contributed by atoms with Crippen molar-refractivity contribution in [2.24, 2.45) is 11.7 Å². The van der Waals surface area contributed by atoms with Gasteiger partial charge in [0.15, 0.2) is 0 Å². The van der Waals surface area contributed by atoms with E-state index in [0.29, 0.717) is 0 Å². The van der Waals surface area contributed by atoms with Gasteiger partial charge in [0.2, 0.25) is 5.91 Å². The molecule has 1 aromatic heterocycles. The second-order valence-corrected chi connectivity index (χ2v) is 5.40. The average Bonchev–Trinajstić information content (AvgIpc) is 2.73. The molecule has 2 rings (SSSR count). The number of carbonyl (C=O) groups excluding carboxylic acids is 1. The Morgan fingerprint density at radius 1 is 1.20 bits per heavy atom. The molecule has 0 radical (unpaired) electrons. The number of aromatic amines is 2. The maximum Gasteiger partial charge on any atom is 0.323 e. The molecule has 0 saturated heterocycles. The van der Waals surface area contributed by atoms with E-state index in [1.54, 1.807) is 0 Å². The summed E-state index contributed by atoms with van der Waals surface area (Å²) in [6.07, 6.45) is 0. The van der Waals surface area contributed by atoms with E-state index in [2.05, 4.69) is 15.3 Å². The number of rotatable bonds is 5. The molecule has 2 unspecified atom stereocenters. The first-order valence-corrected chi connectivity index (χ1v) is 6.66. The number of amides is 1. The van der Waals surface area contributed by atoms with Crippen molar-refractivity contribution < 1.29 is 4.79 Å². The molecular weight excluding hydrogens is 256 g/mol. The summed E-state index contributed by atoms with van der Waals surface area (Å²) in [5.74, 6) is -0.242. The molecule has 2 atom stereocenters. The highest BCUT2D eigenvalue weighted by atomic mass is 16.1. The first-order valence-electron chi connectivity index (χ1n) is 6.66. The molecule has 1 heterocycles. The molecule has 0 bridgehead atoms. The first-order chi connectivity index (χ1) is 9.38. The Labute approximate surface area is 116 Å². The summed E-state index contributed by atoms with van der Waals surface area (Å²) in [5.41, 5.74) is 7.68. The number of carbonyl (C=O) groups is 1. The van der Waals surface area contributed by atoms with Crippen molar-refractivity contribution in [3.63, 3.8) is 0 Å². The van der Waals surface area contributed by atoms with Gasteiger partial charge in [-0.3, -0.25) is 10.1 Å². The van der Waals surface area contributed by atoms with Gasteiger partial charge < -0.3 is 15.7 Å². The topological polar surface area (TPSA) is 104 Å². The van der Waals surface area contributed by atoms with Crippen molar-refractivity contribution in [1.29, 1.82) is 0 Å². The van der Waals surface area contributed by atoms with Crippen LogP contribution in [0.2, 0.25) is 0 Å². The van der Waals surface area contributed by atoms with Gasteiger partial charge in [-0.15, -0.1) is 0 Å². The minimum atomic E-state index is -0.383. The number of fused-ring (bicyclic) bond motifs is 1. The number of imidazole rings is 1. The third-order valence-corrected chi connectivity index (χ3v) is 3.44. The van der Waals surface area contributed by atoms with Gasteiger partial charge in [-0.05, 0) is 30.5 Å². The fraction of sp³-hybridized carbons (Fsp3) is 0.429. The third-order valence-electron chi connectivity index (χ3n) is 3.44. The number of nitrogens with one attached hydrogen (secondary N) is 3. The molecule has 1 aromatic carbocycles. The second-order valence-electron chi connectivity index (χ2n) is 5.40. The van der Waals surface area contributed by atoms with Gasteiger partial charge in [0.05, 0.1) is 17.1 Å². The van der Waals surface area contributed by atoms with Crippen molar-refractivity contribution in [3.05, 3.63) is 34.2 Å². The van der Waals surface area contributed by atoms with Gasteiger partial charge in [0, 0.05) is 6.04 Å². The minimum Gasteiger partial charge on any atom is -0.368 e. The summed E-state index contributed by atoms with van der Waals surface area (Å²) in [6.45, 7) is 5.86. The number of benzene rings is 1. The lowest BCUT2D eigenvalue weighted by Crippen LogP contribution is -2.45. The normalized spacial score (nSPS) is 14.6. The predicted molar refractivity (Wildman–Crippen MR) is 78.3 cm³/mol. The number of nitrogens with two attached hydrogens (primary N) is 1. The van der Waals surface area contributed by atoms with Crippen molar-refractivity contribution in [3.8, 4) is 0 Å². The van der Waals surface area contributed by atoms with Gasteiger partial charge in [0.1, 0.15) is 0 Å². The summed E-state index contributed by atoms with van der Waals surface area (Å²) in [6, 6.07) is 5.23. The highest BCUT2D eigenvalue weighted by Crippen LogP contribution is 2.18. The predicted octanol–water partition coefficient (Wildman–Crippen LogP) is 1.02. The van der Waals surface area contributed by atoms with Crippen LogP contribution in [0.4, 0.5) is 0 Å². The third kappa shape index (κ3) is 2.91. The zero-order valence-electron chi connectivity index (χ0n) is 11.9. The molecule has 0 aliphatic heterocycles. The average molecular weight is 276 g/mol. The maximum absolute atomic E-state index is 11.4. The van der Waals surface area contributed by atoms with Crippen molar-refractivity contribution >= 4 is 16.9 Å². The Morgan fingerprint density at radius 3 is 2.45 bits per heavy atom. The Balaban J connectivity index is 2.23. The molecule has 0 aliphatic carbocycles. The Hall–Kier alpha value is -2.08. The zero-order chi connectivity index (χ0) is 14.9. The van der Waals surface area contributed by atoms with Crippen LogP contribution >= 0.6 is 0 Å². The van der Waals surface area contributed by atoms with Gasteiger partial charge in [-0.1, -0.05) is 19.9 Å². The SMILES string of the molecule is CC(NC(C(N)=O)C(C)C)c1ccc2[nH]c(=O)[nH]c2c1. The lowest BCUT2D eigenvalue weighted by Gasteiger charge is -2.24. The lowest BCUT2D eigenvalue weighted by atomic mass is 10.0. The molecule has 5 N–H and O–H groups in total. The highest BCUT2D eigenvalue weighted by Gasteiger charge is 2.21. The van der Waals surface area contributed by atoms with E-state index < -0.39 is 0 Å². The zero-order valence-corrected chi connectivity index (χ0v) is 11.9. The lowest BCUT2D eigenvalue weighted by molar-refractivity contribution is -0.121. The Kier molecular flexibility index (Phi) is 3.94. The van der Waals surface area contributed by atoms with E-state index in [9.17, 15) is 9.59 Å². The molecule has 20 heavy (non-hydrogen) atoms. The molecule has 1 amide bonds. The van der Waals surface area contributed by atoms with Crippen LogP contribution in [-0.2, 0) is 4.79 Å². The summed E-state index contributed by atoms with van der Waals surface area (Å²) >= 11 is 0. The van der Waals surface area contributed by atoms with Crippen LogP contribution in [0.25, 0.3) is 11.0 Å². The van der Waals surface area contributed by atoms with Crippen LogP contribution in [-0.4, -0.2) is 21.9 Å². The largest absolute Gasteiger partial charge is 0.368 e. The molecule has 108 valence electrons. The van der Waals surface area contributed by atoms with Gasteiger partial charge >= 0.3 is 5.69 Å². The van der Waals surface area contributed by atoms with E-state index >= 15 is 0 Å². The number of hydrogen-bond donors (Lipinski definition) is 4. The standard InChI is InChI=1S/C14H20N4O2/c1-7(2)12(13(15)19)16-8(3)9-4-5-10-11(6-9)18-14(20)17-10/h4-8,12,16H,1-3H3,(H2,15,19)(H2,17,18,20). The first kappa shape index (κ1) is 14.3. The number of aromatic nitrogens is 2. The van der Waals surface area contributed by atoms with Crippen molar-refractivity contribution in [2.45, 2.75) is 32.9 Å². The molecule has 6 heteroatoms. The summed E-state index contributed by atoms with van der Waals surface area (Å²) < 4.78 is 0. The van der Waals surface area contributed by atoms with Crippen LogP contribution in [0.3, 0.4) is 0 Å². The highest BCUT2D eigenvalue weighted by molar-refractivity contribution is 5.80. The fourth-order valence-electron chi connectivity index (χ4n) is 2.29. The molecule has 0 spiro atoms. The maximum atomic E-state index is 11.4. The van der Waals surface area contributed by atoms with Gasteiger partial charge in [-0.25, -0.2) is 4.79 Å². The fourth-order valence-corrected chi connectivity index (χ4v) is 2.29. The summed E-state index contributed by atoms with van der Waals surface area (Å²) in [5, 5.41) is 3.23. The summed E-state index contributed by atoms with van der Waals surface area (Å²) in [4.78, 5) is 28.1. The van der Waals surface area contributed by atoms with Gasteiger partial charge in [0.25, 0.3) is 0 Å². The molecule has 0 aliphatic rings. The number of H-pyrrole nitrogens is 2. The van der Waals surface area contributed by atoms with Crippen LogP contribution < -0.4 is 16.7 Å². The quantitative estimate of drug-likeness (QED) is 0.655. The van der Waals surface area contributed by atoms with Crippen LogP contribution in [0, 0.1) is 5.92 Å². The summed E-state index contributed by atoms with van der Waals surface area (Å²) in [7, 11) is 0. The number of primary amides is 1. The monoisotopic (exact) mass is 276 g/mol. The van der Waals surface area contributed by atoms with E-state index in [4.69, 9.17) is 5.73 Å². The van der Waals surface area contributed by atoms with Crippen molar-refractivity contribution in [2.75, 3.05) is 0 Å². The van der Waals surface area contributed by atoms with Crippen LogP contribution in [0.1, 0.15) is 32.4 Å². The van der Waals surface area contributed by atoms with E-state index in [-0.39, 0.29) is 29.6 Å². The molecule has 2 aromatic rings. The van der Waals surface area contributed by atoms with Crippen molar-refractivity contribution in [1.82, 2.24) is 15.3 Å².